The maximum atomic E-state index is 12.9. The molecule has 2 nitrogen and oxygen atoms in total. The monoisotopic (exact) mass is 246 g/mol. The van der Waals surface area contributed by atoms with Crippen LogP contribution >= 0.6 is 0 Å². The van der Waals surface area contributed by atoms with Gasteiger partial charge in [0.25, 0.3) is 0 Å². The van der Waals surface area contributed by atoms with Gasteiger partial charge in [-0.05, 0) is 29.6 Å². The fraction of sp³-hybridized carbons (Fsp3) is 0.917. The van der Waals surface area contributed by atoms with Crippen LogP contribution in [0.5, 0.6) is 0 Å². The minimum absolute atomic E-state index is 0.0399. The van der Waals surface area contributed by atoms with E-state index in [-0.39, 0.29) is 22.8 Å². The van der Waals surface area contributed by atoms with Crippen LogP contribution in [0.2, 0.25) is 0 Å². The maximum absolute atomic E-state index is 12.9. The van der Waals surface area contributed by atoms with Crippen molar-refractivity contribution in [2.75, 3.05) is 0 Å². The molecule has 2 fully saturated rings. The molecule has 1 heterocycles. The molecular weight excluding hydrogens is 229 g/mol. The summed E-state index contributed by atoms with van der Waals surface area (Å²) in [6.07, 6.45) is -2.40. The molecule has 1 aliphatic heterocycles. The molecule has 0 spiro atoms. The van der Waals surface area contributed by atoms with Gasteiger partial charge in [-0.15, -0.1) is 0 Å². The molecule has 96 valence electrons. The summed E-state index contributed by atoms with van der Waals surface area (Å²) < 4.78 is 38.8. The summed E-state index contributed by atoms with van der Waals surface area (Å²) in [6.45, 7) is 6.33. The number of hydrogen-bond acceptors (Lipinski definition) is 2. The van der Waals surface area contributed by atoms with Gasteiger partial charge in [0.2, 0.25) is 0 Å². The van der Waals surface area contributed by atoms with Crippen LogP contribution < -0.4 is 5.43 Å². The van der Waals surface area contributed by atoms with E-state index in [2.05, 4.69) is 31.3 Å². The number of nitrogens with one attached hydrogen (secondary N) is 1. The molecule has 0 radical (unpaired) electrons. The second-order valence-electron chi connectivity index (χ2n) is 6.41. The number of alkyl halides is 3. The Bertz CT molecular complexity index is 399. The van der Waals surface area contributed by atoms with Gasteiger partial charge in [0, 0.05) is 5.92 Å². The molecule has 2 aliphatic carbocycles. The van der Waals surface area contributed by atoms with Gasteiger partial charge >= 0.3 is 6.18 Å². The van der Waals surface area contributed by atoms with Crippen molar-refractivity contribution in [3.05, 3.63) is 0 Å². The van der Waals surface area contributed by atoms with E-state index in [0.717, 1.165) is 12.8 Å². The van der Waals surface area contributed by atoms with Crippen molar-refractivity contribution in [3.8, 4) is 0 Å². The molecule has 3 aliphatic rings. The van der Waals surface area contributed by atoms with Crippen LogP contribution in [0.25, 0.3) is 0 Å². The lowest BCUT2D eigenvalue weighted by molar-refractivity contribution is -0.0636. The van der Waals surface area contributed by atoms with Crippen LogP contribution in [0, 0.1) is 22.7 Å². The Balaban J connectivity index is 2.03. The Labute approximate surface area is 98.6 Å². The lowest BCUT2D eigenvalue weighted by atomic mass is 9.69. The average molecular weight is 246 g/mol. The van der Waals surface area contributed by atoms with Crippen molar-refractivity contribution in [2.45, 2.75) is 45.8 Å². The minimum Gasteiger partial charge on any atom is -0.305 e. The van der Waals surface area contributed by atoms with Crippen LogP contribution in [0.4, 0.5) is 13.2 Å². The number of nitrogens with zero attached hydrogens (tertiary/aromatic N) is 1. The quantitative estimate of drug-likeness (QED) is 0.698. The van der Waals surface area contributed by atoms with Gasteiger partial charge in [0.05, 0.1) is 6.04 Å². The van der Waals surface area contributed by atoms with Crippen molar-refractivity contribution >= 4 is 5.71 Å². The minimum atomic E-state index is -4.29. The molecule has 3 rings (SSSR count). The van der Waals surface area contributed by atoms with Gasteiger partial charge < -0.3 is 5.43 Å². The first kappa shape index (κ1) is 11.4. The van der Waals surface area contributed by atoms with Crippen molar-refractivity contribution in [2.24, 2.45) is 27.8 Å². The van der Waals surface area contributed by atoms with Gasteiger partial charge in [0.1, 0.15) is 5.71 Å². The Morgan fingerprint density at radius 3 is 2.53 bits per heavy atom. The fourth-order valence-corrected chi connectivity index (χ4v) is 4.41. The van der Waals surface area contributed by atoms with Crippen molar-refractivity contribution in [3.63, 3.8) is 0 Å². The predicted octanol–water partition coefficient (Wildman–Crippen LogP) is 2.95. The zero-order chi connectivity index (χ0) is 12.6. The first-order chi connectivity index (χ1) is 7.69. The summed E-state index contributed by atoms with van der Waals surface area (Å²) in [5.41, 5.74) is 2.08. The summed E-state index contributed by atoms with van der Waals surface area (Å²) in [5, 5.41) is 3.58. The second-order valence-corrected chi connectivity index (χ2v) is 6.41. The van der Waals surface area contributed by atoms with Crippen LogP contribution in [-0.4, -0.2) is 17.9 Å². The SMILES string of the molecule is CC1(C)C2CCC1(C)C1NN=C(C(F)(F)F)C21. The topological polar surface area (TPSA) is 24.4 Å². The van der Waals surface area contributed by atoms with E-state index in [1.54, 1.807) is 0 Å². The zero-order valence-corrected chi connectivity index (χ0v) is 10.2. The molecule has 0 saturated heterocycles. The number of fused-ring (bicyclic) bond motifs is 5. The van der Waals surface area contributed by atoms with Gasteiger partial charge in [-0.25, -0.2) is 0 Å². The fourth-order valence-electron chi connectivity index (χ4n) is 4.41. The Morgan fingerprint density at radius 1 is 1.29 bits per heavy atom. The van der Waals surface area contributed by atoms with Crippen LogP contribution in [-0.2, 0) is 0 Å². The number of halogens is 3. The Morgan fingerprint density at radius 2 is 1.94 bits per heavy atom. The highest BCUT2D eigenvalue weighted by molar-refractivity contribution is 5.94. The van der Waals surface area contributed by atoms with E-state index in [4.69, 9.17) is 0 Å². The Hall–Kier alpha value is -0.740. The number of rotatable bonds is 0. The lowest BCUT2D eigenvalue weighted by Crippen LogP contribution is -2.44. The summed E-state index contributed by atoms with van der Waals surface area (Å²) in [5.74, 6) is -0.336. The van der Waals surface area contributed by atoms with E-state index in [0.29, 0.717) is 0 Å². The molecule has 0 aromatic heterocycles. The normalized spacial score (nSPS) is 46.7. The zero-order valence-electron chi connectivity index (χ0n) is 10.2. The molecule has 4 unspecified atom stereocenters. The van der Waals surface area contributed by atoms with Crippen molar-refractivity contribution < 1.29 is 13.2 Å². The molecule has 0 aromatic carbocycles. The van der Waals surface area contributed by atoms with Gasteiger partial charge in [-0.3, -0.25) is 0 Å². The first-order valence-corrected chi connectivity index (χ1v) is 6.10. The smallest absolute Gasteiger partial charge is 0.305 e. The van der Waals surface area contributed by atoms with E-state index >= 15 is 0 Å². The largest absolute Gasteiger partial charge is 0.431 e. The third-order valence-electron chi connectivity index (χ3n) is 5.78. The highest BCUT2D eigenvalue weighted by Gasteiger charge is 2.70. The molecule has 17 heavy (non-hydrogen) atoms. The van der Waals surface area contributed by atoms with Gasteiger partial charge in [0.15, 0.2) is 0 Å². The second kappa shape index (κ2) is 2.81. The van der Waals surface area contributed by atoms with E-state index in [1.807, 2.05) is 0 Å². The third-order valence-corrected chi connectivity index (χ3v) is 5.78. The highest BCUT2D eigenvalue weighted by atomic mass is 19.4. The predicted molar refractivity (Wildman–Crippen MR) is 58.5 cm³/mol. The van der Waals surface area contributed by atoms with E-state index in [1.165, 1.54) is 0 Å². The van der Waals surface area contributed by atoms with Gasteiger partial charge in [-0.2, -0.15) is 18.3 Å². The molecule has 1 N–H and O–H groups in total. The summed E-state index contributed by atoms with van der Waals surface area (Å²) in [7, 11) is 0. The molecule has 5 heteroatoms. The molecule has 0 aromatic rings. The highest BCUT2D eigenvalue weighted by Crippen LogP contribution is 2.69. The molecule has 2 bridgehead atoms. The summed E-state index contributed by atoms with van der Waals surface area (Å²) in [6, 6.07) is -0.132. The standard InChI is InChI=1S/C12H17F3N2/c1-10(2)6-4-5-11(10,3)8-7(6)9(17-16-8)12(13,14)15/h6-8,16H,4-5H2,1-3H3. The maximum Gasteiger partial charge on any atom is 0.431 e. The van der Waals surface area contributed by atoms with E-state index < -0.39 is 17.8 Å². The molecule has 2 saturated carbocycles. The molecule has 0 amide bonds. The van der Waals surface area contributed by atoms with Crippen LogP contribution in [0.3, 0.4) is 0 Å². The van der Waals surface area contributed by atoms with Crippen LogP contribution in [0.1, 0.15) is 33.6 Å². The summed E-state index contributed by atoms with van der Waals surface area (Å²) in [4.78, 5) is 0. The number of hydrazone groups is 1. The average Bonchev–Trinajstić information content (AvgIpc) is 2.73. The number of hydrogen-bond donors (Lipinski definition) is 1. The Kier molecular flexibility index (Phi) is 1.87. The summed E-state index contributed by atoms with van der Waals surface area (Å²) >= 11 is 0. The molecular formula is C12H17F3N2. The first-order valence-electron chi connectivity index (χ1n) is 6.10. The van der Waals surface area contributed by atoms with Crippen molar-refractivity contribution in [1.29, 1.82) is 0 Å². The van der Waals surface area contributed by atoms with Gasteiger partial charge in [-0.1, -0.05) is 20.8 Å². The van der Waals surface area contributed by atoms with Crippen LogP contribution in [0.15, 0.2) is 5.10 Å². The van der Waals surface area contributed by atoms with E-state index in [9.17, 15) is 13.2 Å². The van der Waals surface area contributed by atoms with Crippen molar-refractivity contribution in [1.82, 2.24) is 5.43 Å². The lowest BCUT2D eigenvalue weighted by Gasteiger charge is -2.38. The molecule has 4 atom stereocenters. The third kappa shape index (κ3) is 1.11.